The molecule has 0 spiro atoms. The van der Waals surface area contributed by atoms with E-state index in [4.69, 9.17) is 5.11 Å². The van der Waals surface area contributed by atoms with Crippen LogP contribution in [0.3, 0.4) is 0 Å². The average Bonchev–Trinajstić information content (AvgIpc) is 2.73. The Morgan fingerprint density at radius 3 is 3.20 bits per heavy atom. The van der Waals surface area contributed by atoms with Crippen LogP contribution in [0.2, 0.25) is 0 Å². The quantitative estimate of drug-likeness (QED) is 0.633. The largest absolute Gasteiger partial charge is 0.396 e. The monoisotopic (exact) mass is 206 g/mol. The molecule has 0 saturated heterocycles. The van der Waals surface area contributed by atoms with E-state index < -0.39 is 0 Å². The maximum absolute atomic E-state index is 8.67. The molecule has 1 aliphatic heterocycles. The van der Waals surface area contributed by atoms with Gasteiger partial charge in [0.1, 0.15) is 0 Å². The van der Waals surface area contributed by atoms with E-state index in [2.05, 4.69) is 28.8 Å². The van der Waals surface area contributed by atoms with Crippen molar-refractivity contribution in [3.8, 4) is 0 Å². The van der Waals surface area contributed by atoms with Gasteiger partial charge in [-0.1, -0.05) is 18.2 Å². The Hall–Kier alpha value is -1.06. The minimum Gasteiger partial charge on any atom is -0.396 e. The van der Waals surface area contributed by atoms with Crippen molar-refractivity contribution in [2.45, 2.75) is 19.4 Å². The molecule has 0 saturated carbocycles. The van der Waals surface area contributed by atoms with Gasteiger partial charge in [0, 0.05) is 25.4 Å². The van der Waals surface area contributed by atoms with E-state index in [1.165, 1.54) is 16.8 Å². The molecule has 0 unspecified atom stereocenters. The van der Waals surface area contributed by atoms with Crippen molar-refractivity contribution < 1.29 is 5.11 Å². The van der Waals surface area contributed by atoms with Gasteiger partial charge in [-0.3, -0.25) is 0 Å². The highest BCUT2D eigenvalue weighted by atomic mass is 16.3. The van der Waals surface area contributed by atoms with Crippen molar-refractivity contribution in [1.29, 1.82) is 0 Å². The number of aliphatic hydroxyl groups is 1. The van der Waals surface area contributed by atoms with Crippen molar-refractivity contribution in [2.75, 3.05) is 25.0 Å². The molecule has 0 bridgehead atoms. The maximum Gasteiger partial charge on any atom is 0.0443 e. The Morgan fingerprint density at radius 2 is 2.33 bits per heavy atom. The zero-order valence-corrected chi connectivity index (χ0v) is 8.92. The molecule has 1 aliphatic rings. The number of para-hydroxylation sites is 1. The zero-order chi connectivity index (χ0) is 10.5. The molecule has 0 amide bonds. The van der Waals surface area contributed by atoms with Crippen molar-refractivity contribution in [3.05, 3.63) is 29.3 Å². The van der Waals surface area contributed by atoms with Crippen LogP contribution >= 0.6 is 0 Å². The second kappa shape index (κ2) is 5.14. The normalized spacial score (nSPS) is 13.7. The van der Waals surface area contributed by atoms with Crippen LogP contribution in [0, 0.1) is 0 Å². The summed E-state index contributed by atoms with van der Waals surface area (Å²) in [5.74, 6) is 0. The molecule has 2 rings (SSSR count). The van der Waals surface area contributed by atoms with Crippen molar-refractivity contribution >= 4 is 5.69 Å². The Morgan fingerprint density at radius 1 is 1.40 bits per heavy atom. The summed E-state index contributed by atoms with van der Waals surface area (Å²) in [4.78, 5) is 0. The number of nitrogens with one attached hydrogen (secondary N) is 2. The SMILES string of the molecule is OCCCNCc1cccc2c1NCC2. The van der Waals surface area contributed by atoms with Crippen molar-refractivity contribution in [3.63, 3.8) is 0 Å². The first-order chi connectivity index (χ1) is 7.42. The van der Waals surface area contributed by atoms with Gasteiger partial charge in [-0.15, -0.1) is 0 Å². The lowest BCUT2D eigenvalue weighted by Crippen LogP contribution is -2.16. The number of anilines is 1. The number of rotatable bonds is 5. The van der Waals surface area contributed by atoms with E-state index in [9.17, 15) is 0 Å². The van der Waals surface area contributed by atoms with Gasteiger partial charge >= 0.3 is 0 Å². The lowest BCUT2D eigenvalue weighted by atomic mass is 10.1. The minimum atomic E-state index is 0.262. The fourth-order valence-electron chi connectivity index (χ4n) is 1.99. The second-order valence-electron chi connectivity index (χ2n) is 3.88. The summed E-state index contributed by atoms with van der Waals surface area (Å²) in [6, 6.07) is 6.46. The predicted molar refractivity (Wildman–Crippen MR) is 62.0 cm³/mol. The number of aliphatic hydroxyl groups excluding tert-OH is 1. The van der Waals surface area contributed by atoms with E-state index in [0.29, 0.717) is 0 Å². The highest BCUT2D eigenvalue weighted by Crippen LogP contribution is 2.25. The third-order valence-electron chi connectivity index (χ3n) is 2.76. The van der Waals surface area contributed by atoms with E-state index in [1.54, 1.807) is 0 Å². The number of hydrogen-bond acceptors (Lipinski definition) is 3. The molecular formula is C12H18N2O. The zero-order valence-electron chi connectivity index (χ0n) is 8.92. The molecule has 3 nitrogen and oxygen atoms in total. The summed E-state index contributed by atoms with van der Waals surface area (Å²) in [6.07, 6.45) is 1.96. The lowest BCUT2D eigenvalue weighted by molar-refractivity contribution is 0.286. The molecule has 0 fully saturated rings. The third kappa shape index (κ3) is 2.49. The molecule has 1 aromatic carbocycles. The second-order valence-corrected chi connectivity index (χ2v) is 3.88. The molecular weight excluding hydrogens is 188 g/mol. The summed E-state index contributed by atoms with van der Waals surface area (Å²) in [7, 11) is 0. The molecule has 3 N–H and O–H groups in total. The summed E-state index contributed by atoms with van der Waals surface area (Å²) in [5.41, 5.74) is 4.08. The Balaban J connectivity index is 1.94. The Bertz CT molecular complexity index is 325. The van der Waals surface area contributed by atoms with Gasteiger partial charge in [0.15, 0.2) is 0 Å². The molecule has 82 valence electrons. The molecule has 3 heteroatoms. The number of hydrogen-bond donors (Lipinski definition) is 3. The van der Waals surface area contributed by atoms with Gasteiger partial charge in [0.25, 0.3) is 0 Å². The highest BCUT2D eigenvalue weighted by molar-refractivity contribution is 5.61. The number of benzene rings is 1. The fraction of sp³-hybridized carbons (Fsp3) is 0.500. The molecule has 0 atom stereocenters. The molecule has 0 radical (unpaired) electrons. The maximum atomic E-state index is 8.67. The van der Waals surface area contributed by atoms with Gasteiger partial charge in [-0.25, -0.2) is 0 Å². The predicted octanol–water partition coefficient (Wildman–Crippen LogP) is 1.13. The first kappa shape index (κ1) is 10.5. The van der Waals surface area contributed by atoms with Crippen LogP contribution in [0.25, 0.3) is 0 Å². The smallest absolute Gasteiger partial charge is 0.0443 e. The molecule has 1 aromatic rings. The average molecular weight is 206 g/mol. The van der Waals surface area contributed by atoms with Crippen LogP contribution in [0.15, 0.2) is 18.2 Å². The molecule has 0 aliphatic carbocycles. The summed E-state index contributed by atoms with van der Waals surface area (Å²) in [6.45, 7) is 3.08. The first-order valence-corrected chi connectivity index (χ1v) is 5.58. The van der Waals surface area contributed by atoms with E-state index >= 15 is 0 Å². The van der Waals surface area contributed by atoms with Crippen LogP contribution in [-0.4, -0.2) is 24.8 Å². The topological polar surface area (TPSA) is 44.3 Å². The number of fused-ring (bicyclic) bond motifs is 1. The van der Waals surface area contributed by atoms with E-state index in [-0.39, 0.29) is 6.61 Å². The van der Waals surface area contributed by atoms with Crippen LogP contribution in [0.5, 0.6) is 0 Å². The van der Waals surface area contributed by atoms with Crippen molar-refractivity contribution in [1.82, 2.24) is 5.32 Å². The minimum absolute atomic E-state index is 0.262. The van der Waals surface area contributed by atoms with Crippen LogP contribution in [-0.2, 0) is 13.0 Å². The summed E-state index contributed by atoms with van der Waals surface area (Å²) >= 11 is 0. The van der Waals surface area contributed by atoms with Gasteiger partial charge in [-0.05, 0) is 30.5 Å². The van der Waals surface area contributed by atoms with Crippen LogP contribution in [0.4, 0.5) is 5.69 Å². The van der Waals surface area contributed by atoms with Crippen molar-refractivity contribution in [2.24, 2.45) is 0 Å². The van der Waals surface area contributed by atoms with Crippen LogP contribution < -0.4 is 10.6 Å². The van der Waals surface area contributed by atoms with E-state index in [1.807, 2.05) is 0 Å². The summed E-state index contributed by atoms with van der Waals surface area (Å²) in [5, 5.41) is 15.4. The standard InChI is InChI=1S/C12H18N2O/c15-8-2-6-13-9-11-4-1-3-10-5-7-14-12(10)11/h1,3-4,13-15H,2,5-9H2. The molecule has 0 aromatic heterocycles. The third-order valence-corrected chi connectivity index (χ3v) is 2.76. The van der Waals surface area contributed by atoms with Gasteiger partial charge in [0.2, 0.25) is 0 Å². The Labute approximate surface area is 90.5 Å². The Kier molecular flexibility index (Phi) is 3.59. The lowest BCUT2D eigenvalue weighted by Gasteiger charge is -2.09. The van der Waals surface area contributed by atoms with Gasteiger partial charge in [0.05, 0.1) is 0 Å². The van der Waals surface area contributed by atoms with E-state index in [0.717, 1.165) is 32.5 Å². The highest BCUT2D eigenvalue weighted by Gasteiger charge is 2.12. The van der Waals surface area contributed by atoms with Gasteiger partial charge < -0.3 is 15.7 Å². The van der Waals surface area contributed by atoms with Crippen LogP contribution in [0.1, 0.15) is 17.5 Å². The fourth-order valence-corrected chi connectivity index (χ4v) is 1.99. The molecule has 1 heterocycles. The molecule has 15 heavy (non-hydrogen) atoms. The first-order valence-electron chi connectivity index (χ1n) is 5.58. The van der Waals surface area contributed by atoms with Gasteiger partial charge in [-0.2, -0.15) is 0 Å². The summed E-state index contributed by atoms with van der Waals surface area (Å²) < 4.78 is 0.